The van der Waals surface area contributed by atoms with Gasteiger partial charge in [-0.3, -0.25) is 24.8 Å². The number of nitrogens with two attached hydrogens (primary N) is 1. The molecule has 0 radical (unpaired) electrons. The maximum atomic E-state index is 14.9. The average Bonchev–Trinajstić information content (AvgIpc) is 2.87. The minimum absolute atomic E-state index is 0.0284. The lowest BCUT2D eigenvalue weighted by molar-refractivity contribution is -0.112. The van der Waals surface area contributed by atoms with Gasteiger partial charge in [0, 0.05) is 18.0 Å². The van der Waals surface area contributed by atoms with Crippen LogP contribution in [0.2, 0.25) is 0 Å². The van der Waals surface area contributed by atoms with Crippen LogP contribution >= 0.6 is 0 Å². The molecule has 32 heavy (non-hydrogen) atoms. The third kappa shape index (κ3) is 4.42. The molecule has 0 aliphatic carbocycles. The summed E-state index contributed by atoms with van der Waals surface area (Å²) in [5.74, 6) is -1.63. The first-order valence-corrected chi connectivity index (χ1v) is 10.6. The van der Waals surface area contributed by atoms with E-state index in [0.29, 0.717) is 30.5 Å². The Morgan fingerprint density at radius 3 is 2.97 bits per heavy atom. The molecular formula is C23H24F2N6O. The molecule has 1 aromatic heterocycles. The molecule has 0 aromatic carbocycles. The molecule has 2 bridgehead atoms. The largest absolute Gasteiger partial charge is 0.383 e. The Labute approximate surface area is 184 Å². The van der Waals surface area contributed by atoms with Crippen molar-refractivity contribution in [1.29, 1.82) is 0 Å². The van der Waals surface area contributed by atoms with E-state index in [1.54, 1.807) is 6.20 Å². The minimum atomic E-state index is -0.595. The van der Waals surface area contributed by atoms with Crippen molar-refractivity contribution < 1.29 is 13.6 Å². The zero-order chi connectivity index (χ0) is 22.7. The van der Waals surface area contributed by atoms with E-state index < -0.39 is 23.6 Å². The molecular weight excluding hydrogens is 414 g/mol. The van der Waals surface area contributed by atoms with E-state index in [1.807, 2.05) is 6.21 Å². The second-order valence-corrected chi connectivity index (χ2v) is 7.89. The van der Waals surface area contributed by atoms with Gasteiger partial charge in [-0.15, -0.1) is 0 Å². The fourth-order valence-corrected chi connectivity index (χ4v) is 4.18. The Hall–Kier alpha value is -3.49. The number of carbonyl (C=O) groups is 1. The molecule has 0 saturated carbocycles. The molecule has 2 unspecified atom stereocenters. The molecule has 4 heterocycles. The van der Waals surface area contributed by atoms with Crippen molar-refractivity contribution in [3.05, 3.63) is 53.1 Å². The van der Waals surface area contributed by atoms with Gasteiger partial charge in [0.1, 0.15) is 17.2 Å². The van der Waals surface area contributed by atoms with Gasteiger partial charge in [0.15, 0.2) is 5.82 Å². The molecule has 4 rings (SSSR count). The number of aliphatic imine (C=N–C) groups is 3. The first-order chi connectivity index (χ1) is 15.5. The number of nitrogens with one attached hydrogen (secondary N) is 1. The van der Waals surface area contributed by atoms with Gasteiger partial charge in [-0.05, 0) is 43.3 Å². The van der Waals surface area contributed by atoms with E-state index in [1.165, 1.54) is 12.3 Å². The van der Waals surface area contributed by atoms with Crippen LogP contribution in [0.15, 0.2) is 56.7 Å². The average molecular weight is 438 g/mol. The summed E-state index contributed by atoms with van der Waals surface area (Å²) in [6.07, 6.45) is 11.7. The fraction of sp³-hybridized carbons (Fsp3) is 0.348. The van der Waals surface area contributed by atoms with Crippen LogP contribution in [0.3, 0.4) is 0 Å². The summed E-state index contributed by atoms with van der Waals surface area (Å²) in [5.41, 5.74) is 7.67. The Kier molecular flexibility index (Phi) is 6.34. The van der Waals surface area contributed by atoms with Crippen LogP contribution < -0.4 is 11.1 Å². The maximum absolute atomic E-state index is 14.9. The van der Waals surface area contributed by atoms with Gasteiger partial charge >= 0.3 is 0 Å². The van der Waals surface area contributed by atoms with E-state index >= 15 is 0 Å². The number of amides is 1. The number of pyridine rings is 1. The van der Waals surface area contributed by atoms with Crippen molar-refractivity contribution in [1.82, 2.24) is 4.98 Å². The number of amidine groups is 1. The van der Waals surface area contributed by atoms with Crippen molar-refractivity contribution >= 4 is 35.4 Å². The number of hydrogen-bond donors (Lipinski definition) is 2. The quantitative estimate of drug-likeness (QED) is 0.723. The molecule has 0 fully saturated rings. The van der Waals surface area contributed by atoms with Crippen molar-refractivity contribution in [2.45, 2.75) is 45.1 Å². The number of anilines is 1. The molecule has 3 N–H and O–H groups in total. The molecule has 7 nitrogen and oxygen atoms in total. The van der Waals surface area contributed by atoms with Crippen molar-refractivity contribution in [3.63, 3.8) is 0 Å². The predicted molar refractivity (Wildman–Crippen MR) is 122 cm³/mol. The molecule has 9 heteroatoms. The lowest BCUT2D eigenvalue weighted by Crippen LogP contribution is -2.28. The van der Waals surface area contributed by atoms with Crippen LogP contribution in [0.1, 0.15) is 44.6 Å². The van der Waals surface area contributed by atoms with Crippen LogP contribution in [0.25, 0.3) is 5.57 Å². The van der Waals surface area contributed by atoms with Gasteiger partial charge in [0.25, 0.3) is 5.91 Å². The first kappa shape index (κ1) is 21.7. The Morgan fingerprint density at radius 2 is 2.16 bits per heavy atom. The highest BCUT2D eigenvalue weighted by molar-refractivity contribution is 6.25. The Balaban J connectivity index is 1.72. The highest BCUT2D eigenvalue weighted by Gasteiger charge is 2.28. The van der Waals surface area contributed by atoms with Crippen molar-refractivity contribution in [3.8, 4) is 0 Å². The minimum Gasteiger partial charge on any atom is -0.383 e. The van der Waals surface area contributed by atoms with E-state index in [0.717, 1.165) is 25.3 Å². The highest BCUT2D eigenvalue weighted by Crippen LogP contribution is 2.37. The molecule has 3 aliphatic rings. The summed E-state index contributed by atoms with van der Waals surface area (Å²) in [7, 11) is 0. The number of nitrogens with zero attached hydrogens (tertiary/aromatic N) is 4. The van der Waals surface area contributed by atoms with E-state index in [4.69, 9.17) is 5.73 Å². The number of halogens is 2. The van der Waals surface area contributed by atoms with E-state index in [9.17, 15) is 13.6 Å². The molecule has 2 atom stereocenters. The number of allylic oxidation sites excluding steroid dienone is 3. The van der Waals surface area contributed by atoms with Crippen molar-refractivity contribution in [2.75, 3.05) is 5.32 Å². The monoisotopic (exact) mass is 438 g/mol. The van der Waals surface area contributed by atoms with E-state index in [2.05, 4.69) is 32.2 Å². The zero-order valence-electron chi connectivity index (χ0n) is 17.7. The first-order valence-electron chi connectivity index (χ1n) is 10.6. The maximum Gasteiger partial charge on any atom is 0.261 e. The lowest BCUT2D eigenvalue weighted by Gasteiger charge is -2.23. The second-order valence-electron chi connectivity index (χ2n) is 7.89. The number of aromatic nitrogens is 1. The van der Waals surface area contributed by atoms with Crippen LogP contribution in [0.5, 0.6) is 0 Å². The molecule has 3 aliphatic heterocycles. The molecule has 1 amide bonds. The molecule has 1 aromatic rings. The summed E-state index contributed by atoms with van der Waals surface area (Å²) < 4.78 is 28.8. The fourth-order valence-electron chi connectivity index (χ4n) is 4.18. The van der Waals surface area contributed by atoms with Gasteiger partial charge in [0.2, 0.25) is 0 Å². The number of rotatable bonds is 5. The van der Waals surface area contributed by atoms with Gasteiger partial charge in [-0.2, -0.15) is 0 Å². The highest BCUT2D eigenvalue weighted by atomic mass is 19.1. The van der Waals surface area contributed by atoms with E-state index in [-0.39, 0.29) is 28.6 Å². The lowest BCUT2D eigenvalue weighted by atomic mass is 9.86. The van der Waals surface area contributed by atoms with Gasteiger partial charge in [-0.1, -0.05) is 13.3 Å². The van der Waals surface area contributed by atoms with Crippen molar-refractivity contribution in [2.24, 2.45) is 26.6 Å². The summed E-state index contributed by atoms with van der Waals surface area (Å²) in [6.45, 7) is 2.06. The van der Waals surface area contributed by atoms with Gasteiger partial charge < -0.3 is 11.1 Å². The summed E-state index contributed by atoms with van der Waals surface area (Å²) >= 11 is 0. The Bertz CT molecular complexity index is 1120. The van der Waals surface area contributed by atoms with Gasteiger partial charge in [0.05, 0.1) is 36.0 Å². The van der Waals surface area contributed by atoms with Crippen LogP contribution in [-0.4, -0.2) is 35.2 Å². The summed E-state index contributed by atoms with van der Waals surface area (Å²) in [5, 5.41) is 2.74. The molecule has 0 spiro atoms. The standard InChI is InChI=1S/C23H24F2N6O/c1-2-3-13-6-7-27-10-16(13)20-17(25)11-28-12-19(20)31-23(32)21-18-5-4-15(30-22(21)26)8-14(24)9-29-18/h7-13,15H,2-6H2,1H3,(H2,26,30)(H,31,32)/b14-8+,29-9?. The Morgan fingerprint density at radius 1 is 1.31 bits per heavy atom. The second kappa shape index (κ2) is 9.33. The third-order valence-electron chi connectivity index (χ3n) is 5.67. The van der Waals surface area contributed by atoms with Crippen LogP contribution in [0.4, 0.5) is 14.5 Å². The topological polar surface area (TPSA) is 105 Å². The molecule has 166 valence electrons. The predicted octanol–water partition coefficient (Wildman–Crippen LogP) is 4.10. The number of hydrogen-bond acceptors (Lipinski definition) is 6. The molecule has 0 saturated heterocycles. The van der Waals surface area contributed by atoms with Gasteiger partial charge in [-0.25, -0.2) is 8.78 Å². The third-order valence-corrected chi connectivity index (χ3v) is 5.67. The number of carbonyl (C=O) groups excluding carboxylic acids is 1. The zero-order valence-corrected chi connectivity index (χ0v) is 17.7. The normalized spacial score (nSPS) is 24.2. The van der Waals surface area contributed by atoms with Crippen LogP contribution in [-0.2, 0) is 4.79 Å². The summed E-state index contributed by atoms with van der Waals surface area (Å²) in [6, 6.07) is -0.478. The summed E-state index contributed by atoms with van der Waals surface area (Å²) in [4.78, 5) is 29.8. The van der Waals surface area contributed by atoms with Crippen LogP contribution in [0, 0.1) is 11.7 Å². The SMILES string of the molecule is CCCC1CC=NC=C1c1c(F)cncc1NC(=O)C1=C2CCC(/C=C(/F)C=N2)N=C1N. The smallest absolute Gasteiger partial charge is 0.261 e. The number of fused-ring (bicyclic) bond motifs is 3.